The van der Waals surface area contributed by atoms with Gasteiger partial charge in [-0.15, -0.1) is 0 Å². The van der Waals surface area contributed by atoms with Crippen LogP contribution in [0.15, 0.2) is 24.3 Å². The molecular formula is C11H15ClN2O. The average molecular weight is 227 g/mol. The Morgan fingerprint density at radius 3 is 2.53 bits per heavy atom. The van der Waals surface area contributed by atoms with Gasteiger partial charge in [0.2, 0.25) is 5.91 Å². The molecule has 15 heavy (non-hydrogen) atoms. The second kappa shape index (κ2) is 5.14. The Kier molecular flexibility index (Phi) is 4.12. The Balaban J connectivity index is 2.73. The van der Waals surface area contributed by atoms with Gasteiger partial charge in [0.05, 0.1) is 12.1 Å². The van der Waals surface area contributed by atoms with Gasteiger partial charge in [0, 0.05) is 5.02 Å². The van der Waals surface area contributed by atoms with Crippen LogP contribution in [-0.2, 0) is 4.79 Å². The van der Waals surface area contributed by atoms with Crippen LogP contribution in [0.3, 0.4) is 0 Å². The van der Waals surface area contributed by atoms with Crippen LogP contribution >= 0.6 is 11.6 Å². The number of hydrogen-bond acceptors (Lipinski definition) is 2. The molecule has 1 aromatic rings. The largest absolute Gasteiger partial charge is 0.348 e. The van der Waals surface area contributed by atoms with E-state index in [1.54, 1.807) is 13.0 Å². The number of nitrogens with two attached hydrogens (primary N) is 1. The van der Waals surface area contributed by atoms with Crippen LogP contribution in [-0.4, -0.2) is 11.9 Å². The lowest BCUT2D eigenvalue weighted by Gasteiger charge is -2.16. The fourth-order valence-corrected chi connectivity index (χ4v) is 1.55. The van der Waals surface area contributed by atoms with Gasteiger partial charge in [-0.05, 0) is 25.5 Å². The van der Waals surface area contributed by atoms with Gasteiger partial charge < -0.3 is 11.1 Å². The highest BCUT2D eigenvalue weighted by Gasteiger charge is 2.14. The highest BCUT2D eigenvalue weighted by molar-refractivity contribution is 6.31. The molecule has 0 aliphatic heterocycles. The number of carbonyl (C=O) groups excluding carboxylic acids is 1. The molecule has 0 heterocycles. The Bertz CT molecular complexity index is 352. The molecule has 82 valence electrons. The molecule has 0 radical (unpaired) electrons. The van der Waals surface area contributed by atoms with E-state index in [2.05, 4.69) is 5.32 Å². The van der Waals surface area contributed by atoms with E-state index in [0.717, 1.165) is 5.56 Å². The Morgan fingerprint density at radius 2 is 2.00 bits per heavy atom. The Labute approximate surface area is 94.6 Å². The molecule has 0 aliphatic rings. The number of benzene rings is 1. The van der Waals surface area contributed by atoms with Gasteiger partial charge in [0.1, 0.15) is 0 Å². The summed E-state index contributed by atoms with van der Waals surface area (Å²) in [4.78, 5) is 11.4. The van der Waals surface area contributed by atoms with Gasteiger partial charge in [0.15, 0.2) is 0 Å². The molecular weight excluding hydrogens is 212 g/mol. The first-order chi connectivity index (χ1) is 7.02. The van der Waals surface area contributed by atoms with Gasteiger partial charge >= 0.3 is 0 Å². The van der Waals surface area contributed by atoms with Crippen LogP contribution in [0.4, 0.5) is 0 Å². The monoisotopic (exact) mass is 226 g/mol. The average Bonchev–Trinajstić information content (AvgIpc) is 2.18. The van der Waals surface area contributed by atoms with E-state index in [1.165, 1.54) is 0 Å². The molecule has 2 unspecified atom stereocenters. The Hall–Kier alpha value is -1.06. The summed E-state index contributed by atoms with van der Waals surface area (Å²) in [6, 6.07) is 6.79. The number of rotatable bonds is 3. The van der Waals surface area contributed by atoms with Crippen molar-refractivity contribution in [2.24, 2.45) is 5.73 Å². The lowest BCUT2D eigenvalue weighted by Crippen LogP contribution is -2.39. The second-order valence-electron chi connectivity index (χ2n) is 3.54. The molecule has 4 heteroatoms. The molecule has 3 nitrogen and oxygen atoms in total. The van der Waals surface area contributed by atoms with Crippen LogP contribution < -0.4 is 11.1 Å². The van der Waals surface area contributed by atoms with Gasteiger partial charge in [-0.1, -0.05) is 29.8 Å². The summed E-state index contributed by atoms with van der Waals surface area (Å²) in [5, 5.41) is 3.44. The topological polar surface area (TPSA) is 55.1 Å². The number of amides is 1. The van der Waals surface area contributed by atoms with Crippen molar-refractivity contribution in [3.63, 3.8) is 0 Å². The zero-order chi connectivity index (χ0) is 11.4. The van der Waals surface area contributed by atoms with Crippen LogP contribution in [0.25, 0.3) is 0 Å². The van der Waals surface area contributed by atoms with Crippen molar-refractivity contribution in [3.05, 3.63) is 34.9 Å². The van der Waals surface area contributed by atoms with Crippen molar-refractivity contribution >= 4 is 17.5 Å². The smallest absolute Gasteiger partial charge is 0.237 e. The number of nitrogens with one attached hydrogen (secondary N) is 1. The van der Waals surface area contributed by atoms with Gasteiger partial charge in [-0.25, -0.2) is 0 Å². The predicted molar refractivity (Wildman–Crippen MR) is 61.7 cm³/mol. The molecule has 0 saturated heterocycles. The molecule has 0 fully saturated rings. The van der Waals surface area contributed by atoms with Gasteiger partial charge in [-0.2, -0.15) is 0 Å². The third kappa shape index (κ3) is 3.22. The molecule has 2 atom stereocenters. The summed E-state index contributed by atoms with van der Waals surface area (Å²) in [5.41, 5.74) is 6.35. The summed E-state index contributed by atoms with van der Waals surface area (Å²) in [6.45, 7) is 3.52. The normalized spacial score (nSPS) is 14.4. The number of halogens is 1. The molecule has 0 bridgehead atoms. The molecule has 1 rings (SSSR count). The van der Waals surface area contributed by atoms with Crippen molar-refractivity contribution in [2.75, 3.05) is 0 Å². The van der Waals surface area contributed by atoms with E-state index in [4.69, 9.17) is 17.3 Å². The quantitative estimate of drug-likeness (QED) is 0.827. The highest BCUT2D eigenvalue weighted by atomic mass is 35.5. The van der Waals surface area contributed by atoms with Crippen molar-refractivity contribution in [1.82, 2.24) is 5.32 Å². The number of hydrogen-bond donors (Lipinski definition) is 2. The first-order valence-electron chi connectivity index (χ1n) is 4.82. The van der Waals surface area contributed by atoms with Crippen LogP contribution in [0, 0.1) is 0 Å². The van der Waals surface area contributed by atoms with E-state index in [1.807, 2.05) is 25.1 Å². The minimum Gasteiger partial charge on any atom is -0.348 e. The summed E-state index contributed by atoms with van der Waals surface area (Å²) < 4.78 is 0. The standard InChI is InChI=1S/C11H15ClN2O/c1-7(13)11(15)14-8(2)9-5-3-4-6-10(9)12/h3-8H,13H2,1-2H3,(H,14,15). The Morgan fingerprint density at radius 1 is 1.40 bits per heavy atom. The summed E-state index contributed by atoms with van der Waals surface area (Å²) in [5.74, 6) is -0.178. The minimum absolute atomic E-state index is 0.128. The van der Waals surface area contributed by atoms with E-state index in [-0.39, 0.29) is 11.9 Å². The van der Waals surface area contributed by atoms with Crippen molar-refractivity contribution in [1.29, 1.82) is 0 Å². The molecule has 0 spiro atoms. The zero-order valence-electron chi connectivity index (χ0n) is 8.83. The highest BCUT2D eigenvalue weighted by Crippen LogP contribution is 2.21. The fourth-order valence-electron chi connectivity index (χ4n) is 1.25. The van der Waals surface area contributed by atoms with Crippen molar-refractivity contribution < 1.29 is 4.79 Å². The number of carbonyl (C=O) groups is 1. The van der Waals surface area contributed by atoms with E-state index in [9.17, 15) is 4.79 Å². The van der Waals surface area contributed by atoms with Crippen LogP contribution in [0.2, 0.25) is 5.02 Å². The molecule has 0 aromatic heterocycles. The molecule has 3 N–H and O–H groups in total. The van der Waals surface area contributed by atoms with Crippen molar-refractivity contribution in [3.8, 4) is 0 Å². The van der Waals surface area contributed by atoms with E-state index < -0.39 is 6.04 Å². The maximum Gasteiger partial charge on any atom is 0.237 e. The first kappa shape index (κ1) is 12.0. The summed E-state index contributed by atoms with van der Waals surface area (Å²) >= 11 is 6.00. The lowest BCUT2D eigenvalue weighted by atomic mass is 10.1. The summed E-state index contributed by atoms with van der Waals surface area (Å²) in [7, 11) is 0. The maximum absolute atomic E-state index is 11.4. The third-order valence-corrected chi connectivity index (χ3v) is 2.49. The third-order valence-electron chi connectivity index (χ3n) is 2.14. The zero-order valence-corrected chi connectivity index (χ0v) is 9.58. The van der Waals surface area contributed by atoms with Crippen molar-refractivity contribution in [2.45, 2.75) is 25.9 Å². The van der Waals surface area contributed by atoms with Gasteiger partial charge in [-0.3, -0.25) is 4.79 Å². The second-order valence-corrected chi connectivity index (χ2v) is 3.95. The first-order valence-corrected chi connectivity index (χ1v) is 5.20. The predicted octanol–water partition coefficient (Wildman–Crippen LogP) is 1.86. The molecule has 1 aromatic carbocycles. The SMILES string of the molecule is CC(N)C(=O)NC(C)c1ccccc1Cl. The minimum atomic E-state index is -0.505. The summed E-state index contributed by atoms with van der Waals surface area (Å²) in [6.07, 6.45) is 0. The molecule has 0 aliphatic carbocycles. The van der Waals surface area contributed by atoms with E-state index >= 15 is 0 Å². The molecule has 1 amide bonds. The fraction of sp³-hybridized carbons (Fsp3) is 0.364. The maximum atomic E-state index is 11.4. The van der Waals surface area contributed by atoms with Crippen LogP contribution in [0.5, 0.6) is 0 Å². The van der Waals surface area contributed by atoms with Gasteiger partial charge in [0.25, 0.3) is 0 Å². The van der Waals surface area contributed by atoms with Crippen LogP contribution in [0.1, 0.15) is 25.5 Å². The lowest BCUT2D eigenvalue weighted by molar-refractivity contribution is -0.122. The molecule has 0 saturated carbocycles. The van der Waals surface area contributed by atoms with E-state index in [0.29, 0.717) is 5.02 Å².